The van der Waals surface area contributed by atoms with Crippen LogP contribution in [0.25, 0.3) is 11.5 Å². The van der Waals surface area contributed by atoms with Gasteiger partial charge < -0.3 is 9.15 Å². The van der Waals surface area contributed by atoms with Crippen molar-refractivity contribution in [2.24, 2.45) is 0 Å². The highest BCUT2D eigenvalue weighted by atomic mass is 19.1. The lowest BCUT2D eigenvalue weighted by Gasteiger charge is -2.08. The zero-order chi connectivity index (χ0) is 19.2. The number of hydrogen-bond acceptors (Lipinski definition) is 5. The summed E-state index contributed by atoms with van der Waals surface area (Å²) >= 11 is 0. The van der Waals surface area contributed by atoms with Crippen molar-refractivity contribution >= 4 is 11.8 Å². The second-order valence-electron chi connectivity index (χ2n) is 5.53. The first-order chi connectivity index (χ1) is 13.0. The molecule has 7 nitrogen and oxygen atoms in total. The number of ether oxygens (including phenoxy) is 1. The molecule has 0 saturated heterocycles. The molecule has 2 N–H and O–H groups in total. The Hall–Kier alpha value is -3.68. The van der Waals surface area contributed by atoms with Gasteiger partial charge in [-0.05, 0) is 43.3 Å². The Labute approximate surface area is 154 Å². The Kier molecular flexibility index (Phi) is 5.46. The monoisotopic (exact) mass is 369 g/mol. The molecule has 0 spiro atoms. The zero-order valence-corrected chi connectivity index (χ0v) is 14.4. The van der Waals surface area contributed by atoms with Crippen LogP contribution >= 0.6 is 0 Å². The Morgan fingerprint density at radius 2 is 1.78 bits per heavy atom. The molecule has 0 saturated carbocycles. The topological polar surface area (TPSA) is 93.5 Å². The second kappa shape index (κ2) is 8.13. The van der Waals surface area contributed by atoms with Crippen LogP contribution in [0.1, 0.15) is 16.2 Å². The van der Waals surface area contributed by atoms with E-state index in [4.69, 9.17) is 9.15 Å². The summed E-state index contributed by atoms with van der Waals surface area (Å²) in [7, 11) is 0. The summed E-state index contributed by atoms with van der Waals surface area (Å²) in [5.74, 6) is -0.646. The highest BCUT2D eigenvalue weighted by Gasteiger charge is 2.18. The first kappa shape index (κ1) is 18.1. The SMILES string of the molecule is Cc1oc(-c2ccccc2)nc1C(=O)NNC(=O)COc1ccc(F)cc1. The van der Waals surface area contributed by atoms with E-state index in [-0.39, 0.29) is 12.3 Å². The van der Waals surface area contributed by atoms with E-state index in [9.17, 15) is 14.0 Å². The van der Waals surface area contributed by atoms with Crippen molar-refractivity contribution in [2.75, 3.05) is 6.61 Å². The maximum absolute atomic E-state index is 12.8. The fourth-order valence-electron chi connectivity index (χ4n) is 2.21. The Morgan fingerprint density at radius 3 is 2.48 bits per heavy atom. The van der Waals surface area contributed by atoms with Gasteiger partial charge in [-0.3, -0.25) is 20.4 Å². The van der Waals surface area contributed by atoms with E-state index in [0.717, 1.165) is 5.56 Å². The van der Waals surface area contributed by atoms with Crippen LogP contribution in [0.5, 0.6) is 5.75 Å². The number of nitrogens with one attached hydrogen (secondary N) is 2. The number of halogens is 1. The van der Waals surface area contributed by atoms with Gasteiger partial charge >= 0.3 is 0 Å². The van der Waals surface area contributed by atoms with Crippen molar-refractivity contribution in [3.63, 3.8) is 0 Å². The van der Waals surface area contributed by atoms with Gasteiger partial charge in [0.15, 0.2) is 12.3 Å². The minimum absolute atomic E-state index is 0.0635. The van der Waals surface area contributed by atoms with Crippen LogP contribution in [0, 0.1) is 12.7 Å². The molecular weight excluding hydrogens is 353 g/mol. The standard InChI is InChI=1S/C19H16FN3O4/c1-12-17(21-19(27-12)13-5-3-2-4-6-13)18(25)23-22-16(24)11-26-15-9-7-14(20)8-10-15/h2-10H,11H2,1H3,(H,22,24)(H,23,25). The molecule has 3 aromatic rings. The van der Waals surface area contributed by atoms with Gasteiger partial charge in [-0.15, -0.1) is 0 Å². The van der Waals surface area contributed by atoms with Crippen molar-refractivity contribution in [1.82, 2.24) is 15.8 Å². The van der Waals surface area contributed by atoms with Crippen LogP contribution in [0.15, 0.2) is 59.0 Å². The Balaban J connectivity index is 1.54. The molecule has 2 amide bonds. The fourth-order valence-corrected chi connectivity index (χ4v) is 2.21. The molecule has 0 atom stereocenters. The molecule has 0 radical (unpaired) electrons. The minimum Gasteiger partial charge on any atom is -0.484 e. The van der Waals surface area contributed by atoms with E-state index in [2.05, 4.69) is 15.8 Å². The van der Waals surface area contributed by atoms with E-state index in [0.29, 0.717) is 17.4 Å². The summed E-state index contributed by atoms with van der Waals surface area (Å²) in [5.41, 5.74) is 5.26. The van der Waals surface area contributed by atoms with Gasteiger partial charge in [0.1, 0.15) is 17.3 Å². The van der Waals surface area contributed by atoms with Crippen LogP contribution in [-0.4, -0.2) is 23.4 Å². The third-order valence-electron chi connectivity index (χ3n) is 3.53. The number of oxazole rings is 1. The highest BCUT2D eigenvalue weighted by molar-refractivity contribution is 5.95. The van der Waals surface area contributed by atoms with E-state index in [1.807, 2.05) is 30.3 Å². The summed E-state index contributed by atoms with van der Waals surface area (Å²) < 4.78 is 23.5. The molecular formula is C19H16FN3O4. The smallest absolute Gasteiger partial charge is 0.291 e. The van der Waals surface area contributed by atoms with Gasteiger partial charge in [-0.25, -0.2) is 9.37 Å². The molecule has 0 aliphatic heterocycles. The first-order valence-electron chi connectivity index (χ1n) is 8.03. The predicted molar refractivity (Wildman–Crippen MR) is 94.2 cm³/mol. The third kappa shape index (κ3) is 4.69. The minimum atomic E-state index is -0.617. The van der Waals surface area contributed by atoms with Crippen molar-refractivity contribution in [1.29, 1.82) is 0 Å². The second-order valence-corrected chi connectivity index (χ2v) is 5.53. The van der Waals surface area contributed by atoms with E-state index in [1.54, 1.807) is 6.92 Å². The molecule has 8 heteroatoms. The molecule has 138 valence electrons. The maximum atomic E-state index is 12.8. The van der Waals surface area contributed by atoms with Crippen LogP contribution in [0.2, 0.25) is 0 Å². The summed E-state index contributed by atoms with van der Waals surface area (Å²) in [6.45, 7) is 1.26. The summed E-state index contributed by atoms with van der Waals surface area (Å²) in [6, 6.07) is 14.3. The number of hydrazine groups is 1. The van der Waals surface area contributed by atoms with Gasteiger partial charge in [0, 0.05) is 5.56 Å². The average molecular weight is 369 g/mol. The van der Waals surface area contributed by atoms with Gasteiger partial charge in [-0.1, -0.05) is 18.2 Å². The lowest BCUT2D eigenvalue weighted by molar-refractivity contribution is -0.123. The Morgan fingerprint density at radius 1 is 1.07 bits per heavy atom. The summed E-state index contributed by atoms with van der Waals surface area (Å²) in [5, 5.41) is 0. The van der Waals surface area contributed by atoms with Crippen LogP contribution in [0.3, 0.4) is 0 Å². The number of aryl methyl sites for hydroxylation is 1. The predicted octanol–water partition coefficient (Wildman–Crippen LogP) is 2.63. The maximum Gasteiger partial charge on any atom is 0.291 e. The van der Waals surface area contributed by atoms with Gasteiger partial charge in [0.25, 0.3) is 11.8 Å². The van der Waals surface area contributed by atoms with Crippen LogP contribution in [-0.2, 0) is 4.79 Å². The first-order valence-corrected chi connectivity index (χ1v) is 8.03. The quantitative estimate of drug-likeness (QED) is 0.675. The molecule has 27 heavy (non-hydrogen) atoms. The lowest BCUT2D eigenvalue weighted by Crippen LogP contribution is -2.44. The number of nitrogens with zero attached hydrogens (tertiary/aromatic N) is 1. The number of rotatable bonds is 5. The number of aromatic nitrogens is 1. The third-order valence-corrected chi connectivity index (χ3v) is 3.53. The van der Waals surface area contributed by atoms with Gasteiger partial charge in [-0.2, -0.15) is 0 Å². The Bertz CT molecular complexity index is 939. The van der Waals surface area contributed by atoms with Gasteiger partial charge in [0.05, 0.1) is 0 Å². The molecule has 0 unspecified atom stereocenters. The normalized spacial score (nSPS) is 10.3. The van der Waals surface area contributed by atoms with Crippen LogP contribution < -0.4 is 15.6 Å². The van der Waals surface area contributed by atoms with E-state index < -0.39 is 17.6 Å². The molecule has 1 aromatic heterocycles. The molecule has 0 aliphatic carbocycles. The largest absolute Gasteiger partial charge is 0.484 e. The number of benzene rings is 2. The fraction of sp³-hybridized carbons (Fsp3) is 0.105. The lowest BCUT2D eigenvalue weighted by atomic mass is 10.2. The van der Waals surface area contributed by atoms with E-state index in [1.165, 1.54) is 24.3 Å². The van der Waals surface area contributed by atoms with Crippen molar-refractivity contribution in [3.05, 3.63) is 71.9 Å². The number of hydrogen-bond donors (Lipinski definition) is 2. The van der Waals surface area contributed by atoms with Crippen molar-refractivity contribution in [3.8, 4) is 17.2 Å². The molecule has 0 aliphatic rings. The molecule has 1 heterocycles. The number of amides is 2. The van der Waals surface area contributed by atoms with E-state index >= 15 is 0 Å². The number of carbonyl (C=O) groups is 2. The number of carbonyl (C=O) groups excluding carboxylic acids is 2. The molecule has 0 bridgehead atoms. The highest BCUT2D eigenvalue weighted by Crippen LogP contribution is 2.21. The zero-order valence-electron chi connectivity index (χ0n) is 14.4. The molecule has 2 aromatic carbocycles. The average Bonchev–Trinajstić information content (AvgIpc) is 3.08. The molecule has 0 fully saturated rings. The van der Waals surface area contributed by atoms with Crippen molar-refractivity contribution in [2.45, 2.75) is 6.92 Å². The van der Waals surface area contributed by atoms with Crippen molar-refractivity contribution < 1.29 is 23.1 Å². The molecule has 3 rings (SSSR count). The van der Waals surface area contributed by atoms with Crippen LogP contribution in [0.4, 0.5) is 4.39 Å². The van der Waals surface area contributed by atoms with Gasteiger partial charge in [0.2, 0.25) is 5.89 Å². The summed E-state index contributed by atoms with van der Waals surface area (Å²) in [4.78, 5) is 28.1. The summed E-state index contributed by atoms with van der Waals surface area (Å²) in [6.07, 6.45) is 0.